The third kappa shape index (κ3) is 16.0. The van der Waals surface area contributed by atoms with Gasteiger partial charge in [0, 0.05) is 62.4 Å². The summed E-state index contributed by atoms with van der Waals surface area (Å²) in [6.45, 7) is 6.99. The van der Waals surface area contributed by atoms with E-state index in [4.69, 9.17) is 24.2 Å². The van der Waals surface area contributed by atoms with Gasteiger partial charge in [0.2, 0.25) is 11.7 Å². The van der Waals surface area contributed by atoms with Gasteiger partial charge in [-0.1, -0.05) is 137 Å². The molecule has 1 heterocycles. The zero-order chi connectivity index (χ0) is 55.1. The Balaban J connectivity index is 1.32. The van der Waals surface area contributed by atoms with E-state index < -0.39 is 46.4 Å². The van der Waals surface area contributed by atoms with Crippen LogP contribution in [0, 0.1) is 33.7 Å². The molecule has 3 N–H and O–H groups in total. The first-order valence-corrected chi connectivity index (χ1v) is 28.3. The monoisotopic (exact) mass is 1070 g/mol. The van der Waals surface area contributed by atoms with Gasteiger partial charge in [-0.25, -0.2) is 9.18 Å². The highest BCUT2D eigenvalue weighted by atomic mass is 19.1. The molecule has 0 spiro atoms. The van der Waals surface area contributed by atoms with Crippen LogP contribution in [-0.2, 0) is 27.5 Å². The predicted octanol–water partition coefficient (Wildman–Crippen LogP) is 13.3. The lowest BCUT2D eigenvalue weighted by molar-refractivity contribution is -0.384. The Morgan fingerprint density at radius 1 is 0.872 bits per heavy atom. The van der Waals surface area contributed by atoms with Gasteiger partial charge in [-0.05, 0) is 115 Å². The Hall–Kier alpha value is -6.68. The molecule has 1 fully saturated rings. The first kappa shape index (κ1) is 59.0. The fraction of sp³-hybridized carbons (Fsp3) is 0.476. The number of aliphatic hydroxyl groups is 2. The summed E-state index contributed by atoms with van der Waals surface area (Å²) in [7, 11) is 0. The highest BCUT2D eigenvalue weighted by Gasteiger charge is 2.65. The number of benzene rings is 4. The molecule has 0 bridgehead atoms. The van der Waals surface area contributed by atoms with E-state index in [0.717, 1.165) is 48.8 Å². The van der Waals surface area contributed by atoms with E-state index in [1.807, 2.05) is 36.4 Å². The quantitative estimate of drug-likeness (QED) is 0.0140. The molecule has 4 aromatic carbocycles. The van der Waals surface area contributed by atoms with E-state index in [-0.39, 0.29) is 56.9 Å². The Bertz CT molecular complexity index is 2640. The molecule has 1 saturated carbocycles. The Morgan fingerprint density at radius 2 is 1.56 bits per heavy atom. The van der Waals surface area contributed by atoms with Crippen molar-refractivity contribution in [2.45, 2.75) is 147 Å². The van der Waals surface area contributed by atoms with Crippen molar-refractivity contribution in [3.05, 3.63) is 166 Å². The molecular weight excluding hydrogens is 992 g/mol. The van der Waals surface area contributed by atoms with Crippen LogP contribution in [0.4, 0.5) is 14.9 Å². The van der Waals surface area contributed by atoms with Gasteiger partial charge >= 0.3 is 6.09 Å². The second-order valence-electron chi connectivity index (χ2n) is 20.8. The van der Waals surface area contributed by atoms with Gasteiger partial charge in [0.15, 0.2) is 0 Å². The van der Waals surface area contributed by atoms with E-state index >= 15 is 4.79 Å². The summed E-state index contributed by atoms with van der Waals surface area (Å²) in [6, 6.07) is 25.9. The zero-order valence-electron chi connectivity index (χ0n) is 45.3. The molecular formula is C63H79FN4O10. The van der Waals surface area contributed by atoms with Crippen LogP contribution < -0.4 is 14.8 Å². The SMILES string of the molecule is C=CCOC12Oc3ccc(OC(=O)NCCCCCCCCCCCC)cc3C3C(CCCCO)C(CCCCO)C=C(C(=NOCc4ccccc4)CC1N(Cc1ccc(F)cc1)C(=O)C=Cc1ccc([N+](=O)[O-])cc1)C32. The number of unbranched alkanes of at least 4 members (excludes halogenated alkanes) is 11. The number of non-ortho nitro benzene ring substituents is 1. The minimum Gasteiger partial charge on any atom is -0.459 e. The average molecular weight is 1070 g/mol. The smallest absolute Gasteiger partial charge is 0.412 e. The van der Waals surface area contributed by atoms with Crippen LogP contribution in [0.3, 0.4) is 0 Å². The Labute approximate surface area is 459 Å². The van der Waals surface area contributed by atoms with Crippen LogP contribution in [0.1, 0.15) is 144 Å². The van der Waals surface area contributed by atoms with Gasteiger partial charge in [0.05, 0.1) is 23.2 Å². The number of nitro benzene ring substituents is 1. The predicted molar refractivity (Wildman–Crippen MR) is 301 cm³/mol. The van der Waals surface area contributed by atoms with Crippen LogP contribution in [0.15, 0.2) is 133 Å². The molecule has 0 saturated heterocycles. The van der Waals surface area contributed by atoms with Crippen LogP contribution in [-0.4, -0.2) is 75.9 Å². The average Bonchev–Trinajstić information content (AvgIpc) is 3.06. The number of halogens is 1. The van der Waals surface area contributed by atoms with Crippen LogP contribution >= 0.6 is 0 Å². The van der Waals surface area contributed by atoms with E-state index in [9.17, 15) is 29.5 Å². The fourth-order valence-corrected chi connectivity index (χ4v) is 11.5. The third-order valence-corrected chi connectivity index (χ3v) is 15.4. The number of hydrogen-bond acceptors (Lipinski definition) is 11. The highest BCUT2D eigenvalue weighted by molar-refractivity contribution is 6.03. The Kier molecular flexibility index (Phi) is 23.0. The maximum Gasteiger partial charge on any atom is 0.412 e. The van der Waals surface area contributed by atoms with Gasteiger partial charge in [-0.15, -0.1) is 6.58 Å². The number of nitrogens with zero attached hydrogens (tertiary/aromatic N) is 3. The van der Waals surface area contributed by atoms with Gasteiger partial charge in [-0.2, -0.15) is 0 Å². The number of ether oxygens (including phenoxy) is 3. The van der Waals surface area contributed by atoms with Crippen molar-refractivity contribution < 1.29 is 48.2 Å². The molecule has 4 aromatic rings. The molecule has 2 amide bonds. The van der Waals surface area contributed by atoms with Crippen molar-refractivity contribution in [3.63, 3.8) is 0 Å². The molecule has 3 aliphatic rings. The number of fused-ring (bicyclic) bond motifs is 2. The first-order chi connectivity index (χ1) is 38.1. The molecule has 15 heteroatoms. The second-order valence-corrected chi connectivity index (χ2v) is 20.8. The number of nitro groups is 1. The molecule has 14 nitrogen and oxygen atoms in total. The lowest BCUT2D eigenvalue weighted by Gasteiger charge is -2.60. The molecule has 7 rings (SSSR count). The van der Waals surface area contributed by atoms with Gasteiger partial charge < -0.3 is 39.5 Å². The number of aliphatic hydroxyl groups excluding tert-OH is 2. The maximum absolute atomic E-state index is 15.3. The molecule has 78 heavy (non-hydrogen) atoms. The molecule has 2 aliphatic carbocycles. The number of carbonyl (C=O) groups excluding carboxylic acids is 2. The van der Waals surface area contributed by atoms with Crippen molar-refractivity contribution in [3.8, 4) is 11.5 Å². The number of amides is 2. The lowest BCUT2D eigenvalue weighted by atomic mass is 9.55. The van der Waals surface area contributed by atoms with Crippen molar-refractivity contribution >= 4 is 29.5 Å². The topological polar surface area (TPSA) is 182 Å². The maximum atomic E-state index is 15.3. The highest BCUT2D eigenvalue weighted by Crippen LogP contribution is 2.62. The number of rotatable bonds is 32. The standard InChI is InChI=1S/C63H79FN4O10/c1-3-5-6-7-8-9-10-11-12-18-37-65-62(72)77-52-34-35-57-55(42-52)60-53(24-17-20-39-70)49(23-16-19-38-69)41-54-56(66-76-45-48-21-14-13-15-22-48)43-58(63(78-57,61(54)60)75-40-4-2)67(44-47-25-30-50(64)31-26-47)59(71)36-29-46-27-32-51(33-28-46)68(73)74/h4,13-15,21-22,25-36,41-42,49,53,58,60-61,69-70H,2-3,5-12,16-20,23-24,37-40,43-45H2,1H3,(H,65,72). The van der Waals surface area contributed by atoms with E-state index in [2.05, 4.69) is 24.9 Å². The summed E-state index contributed by atoms with van der Waals surface area (Å²) in [5, 5.41) is 39.6. The molecule has 418 valence electrons. The van der Waals surface area contributed by atoms with Gasteiger partial charge in [0.25, 0.3) is 5.69 Å². The zero-order valence-corrected chi connectivity index (χ0v) is 45.3. The van der Waals surface area contributed by atoms with E-state index in [0.29, 0.717) is 60.6 Å². The number of hydrogen-bond donors (Lipinski definition) is 3. The first-order valence-electron chi connectivity index (χ1n) is 28.3. The second kappa shape index (κ2) is 30.5. The van der Waals surface area contributed by atoms with Gasteiger partial charge in [0.1, 0.15) is 30.0 Å². The van der Waals surface area contributed by atoms with Crippen LogP contribution in [0.5, 0.6) is 11.5 Å². The summed E-state index contributed by atoms with van der Waals surface area (Å²) in [5.41, 5.74) is 4.17. The summed E-state index contributed by atoms with van der Waals surface area (Å²) in [5.74, 6) is -2.95. The summed E-state index contributed by atoms with van der Waals surface area (Å²) in [6.07, 6.45) is 22.3. The number of oxime groups is 1. The Morgan fingerprint density at radius 3 is 2.24 bits per heavy atom. The van der Waals surface area contributed by atoms with E-state index in [1.54, 1.807) is 53.5 Å². The summed E-state index contributed by atoms with van der Waals surface area (Å²) in [4.78, 5) is 47.7. The molecule has 0 aromatic heterocycles. The van der Waals surface area contributed by atoms with Crippen LogP contribution in [0.25, 0.3) is 6.08 Å². The third-order valence-electron chi connectivity index (χ3n) is 15.4. The van der Waals surface area contributed by atoms with Crippen molar-refractivity contribution in [1.82, 2.24) is 10.2 Å². The summed E-state index contributed by atoms with van der Waals surface area (Å²) < 4.78 is 35.2. The normalized spacial score (nSPS) is 20.7. The minimum atomic E-state index is -1.63. The van der Waals surface area contributed by atoms with Crippen molar-refractivity contribution in [1.29, 1.82) is 0 Å². The van der Waals surface area contributed by atoms with Crippen molar-refractivity contribution in [2.24, 2.45) is 22.9 Å². The molecule has 1 aliphatic heterocycles. The van der Waals surface area contributed by atoms with E-state index in [1.165, 1.54) is 75.3 Å². The van der Waals surface area contributed by atoms with Gasteiger partial charge in [-0.3, -0.25) is 14.9 Å². The lowest BCUT2D eigenvalue weighted by Crippen LogP contribution is -2.70. The number of nitrogens with one attached hydrogen (secondary N) is 1. The largest absolute Gasteiger partial charge is 0.459 e. The van der Waals surface area contributed by atoms with Crippen molar-refractivity contribution in [2.75, 3.05) is 26.4 Å². The minimum absolute atomic E-state index is 0.0108. The number of carbonyl (C=O) groups is 2. The fourth-order valence-electron chi connectivity index (χ4n) is 11.5. The number of allylic oxidation sites excluding steroid dienone is 1. The van der Waals surface area contributed by atoms with Crippen LogP contribution in [0.2, 0.25) is 0 Å². The molecule has 6 unspecified atom stereocenters. The molecule has 6 atom stereocenters. The molecule has 0 radical (unpaired) electrons. The summed E-state index contributed by atoms with van der Waals surface area (Å²) >= 11 is 0.